The van der Waals surface area contributed by atoms with Crippen molar-refractivity contribution < 1.29 is 44.0 Å². The number of carbonyl (C=O) groups excluding carboxylic acids is 1. The van der Waals surface area contributed by atoms with Gasteiger partial charge >= 0.3 is 20.7 Å². The van der Waals surface area contributed by atoms with Gasteiger partial charge in [-0.1, -0.05) is 32.0 Å². The summed E-state index contributed by atoms with van der Waals surface area (Å²) in [6.45, 7) is 3.10. The van der Waals surface area contributed by atoms with Crippen LogP contribution in [0.4, 0.5) is 5.69 Å². The van der Waals surface area contributed by atoms with E-state index in [1.165, 1.54) is 6.07 Å². The van der Waals surface area contributed by atoms with Crippen LogP contribution in [0.1, 0.15) is 49.7 Å². The zero-order valence-electron chi connectivity index (χ0n) is 18.6. The van der Waals surface area contributed by atoms with Gasteiger partial charge in [-0.15, -0.1) is 0 Å². The molecule has 2 aromatic rings. The molecule has 1 amide bonds. The third-order valence-electron chi connectivity index (χ3n) is 5.30. The summed E-state index contributed by atoms with van der Waals surface area (Å²) in [4.78, 5) is 61.2. The van der Waals surface area contributed by atoms with Crippen LogP contribution in [-0.4, -0.2) is 52.3 Å². The molecule has 0 heterocycles. The zero-order valence-corrected chi connectivity index (χ0v) is 20.4. The number of aromatic hydroxyl groups is 2. The van der Waals surface area contributed by atoms with Gasteiger partial charge in [0, 0.05) is 0 Å². The number of amides is 1. The van der Waals surface area contributed by atoms with E-state index < -0.39 is 33.2 Å². The minimum absolute atomic E-state index is 0.00802. The van der Waals surface area contributed by atoms with Gasteiger partial charge in [0.25, 0.3) is 0 Å². The number of carbonyl (C=O) groups is 1. The summed E-state index contributed by atoms with van der Waals surface area (Å²) in [5.41, 5.74) is 1.88. The Bertz CT molecular complexity index is 1080. The highest BCUT2D eigenvalue weighted by Crippen LogP contribution is 2.60. The number of nitrogens with zero attached hydrogens (tertiary/aromatic N) is 1. The van der Waals surface area contributed by atoms with Crippen molar-refractivity contribution in [3.63, 3.8) is 0 Å². The molecule has 0 fully saturated rings. The van der Waals surface area contributed by atoms with E-state index in [0.717, 1.165) is 24.0 Å². The van der Waals surface area contributed by atoms with Gasteiger partial charge in [0.1, 0.15) is 18.0 Å². The summed E-state index contributed by atoms with van der Waals surface area (Å²) in [5, 5.41) is 20.6. The summed E-state index contributed by atoms with van der Waals surface area (Å²) in [6.07, 6.45) is 1.53. The van der Waals surface area contributed by atoms with Crippen LogP contribution in [0.25, 0.3) is 0 Å². The molecule has 11 nitrogen and oxygen atoms in total. The molecule has 0 saturated heterocycles. The number of aliphatic imine (C=N–C) groups is 1. The molecular weight excluding hydrogens is 486 g/mol. The molecular formula is C21H29N2O9P2+. The molecule has 0 spiro atoms. The topological polar surface area (TPSA) is 200 Å². The molecule has 34 heavy (non-hydrogen) atoms. The Balaban J connectivity index is 2.29. The highest BCUT2D eigenvalue weighted by molar-refractivity contribution is 8.00. The number of rotatable bonds is 10. The largest absolute Gasteiger partial charge is 0.508 e. The first-order chi connectivity index (χ1) is 15.8. The van der Waals surface area contributed by atoms with Crippen LogP contribution in [0, 0.1) is 0 Å². The monoisotopic (exact) mass is 515 g/mol. The molecule has 0 bridgehead atoms. The third-order valence-corrected chi connectivity index (χ3v) is 8.23. The van der Waals surface area contributed by atoms with Crippen molar-refractivity contribution in [1.29, 1.82) is 0 Å². The number of hydrogen-bond donors (Lipinski definition) is 8. The smallest absolute Gasteiger partial charge is 0.469 e. The van der Waals surface area contributed by atoms with E-state index in [0.29, 0.717) is 0 Å². The molecule has 0 aliphatic rings. The molecule has 0 radical (unpaired) electrons. The fourth-order valence-corrected chi connectivity index (χ4v) is 5.72. The fourth-order valence-electron chi connectivity index (χ4n) is 3.80. The van der Waals surface area contributed by atoms with Crippen molar-refractivity contribution in [2.24, 2.45) is 4.99 Å². The lowest BCUT2D eigenvalue weighted by Gasteiger charge is -2.27. The lowest BCUT2D eigenvalue weighted by Crippen LogP contribution is -2.18. The van der Waals surface area contributed by atoms with Gasteiger partial charge in [-0.3, -0.25) is 4.79 Å². The molecule has 0 aliphatic heterocycles. The Labute approximate surface area is 197 Å². The maximum atomic E-state index is 12.3. The van der Waals surface area contributed by atoms with Gasteiger partial charge in [-0.2, -0.15) is 14.7 Å². The summed E-state index contributed by atoms with van der Waals surface area (Å²) >= 11 is 0. The minimum atomic E-state index is -5.31. The fraction of sp³-hybridized carbons (Fsp3) is 0.333. The van der Waals surface area contributed by atoms with Crippen LogP contribution in [0.3, 0.4) is 0 Å². The summed E-state index contributed by atoms with van der Waals surface area (Å²) in [5.74, 6) is -0.907. The second-order valence-electron chi connectivity index (χ2n) is 7.67. The summed E-state index contributed by atoms with van der Waals surface area (Å²) in [7, 11) is -10.4. The lowest BCUT2D eigenvalue weighted by molar-refractivity contribution is -0.114. The first kappa shape index (κ1) is 27.9. The molecule has 186 valence electrons. The molecule has 13 heteroatoms. The van der Waals surface area contributed by atoms with Crippen molar-refractivity contribution in [2.75, 3.05) is 11.9 Å². The highest BCUT2D eigenvalue weighted by atomic mass is 31.3. The van der Waals surface area contributed by atoms with Crippen molar-refractivity contribution in [1.82, 2.24) is 0 Å². The second kappa shape index (κ2) is 11.4. The number of nitrogens with one attached hydrogen (secondary N) is 1. The molecule has 8 N–H and O–H groups in total. The molecule has 2 unspecified atom stereocenters. The van der Waals surface area contributed by atoms with Crippen LogP contribution < -0.4 is 5.32 Å². The van der Waals surface area contributed by atoms with Crippen LogP contribution in [0.2, 0.25) is 0 Å². The van der Waals surface area contributed by atoms with Crippen molar-refractivity contribution in [3.05, 3.63) is 53.6 Å². The quantitative estimate of drug-likeness (QED) is 0.133. The van der Waals surface area contributed by atoms with E-state index >= 15 is 0 Å². The van der Waals surface area contributed by atoms with Gasteiger partial charge in [0.05, 0.1) is 5.69 Å². The SMILES string of the molecule is CCC(c1ccc(O)cc1)C(CC)c1ccc(O)c(NC(=O)CN=C(P(=O)(O)O)[P+](O)(O)O)c1. The van der Waals surface area contributed by atoms with Crippen LogP contribution in [0.15, 0.2) is 47.5 Å². The molecule has 0 aliphatic carbocycles. The Kier molecular flexibility index (Phi) is 9.33. The van der Waals surface area contributed by atoms with E-state index in [4.69, 9.17) is 9.79 Å². The normalized spacial score (nSPS) is 14.5. The zero-order chi connectivity index (χ0) is 25.7. The first-order valence-corrected chi connectivity index (χ1v) is 13.6. The number of phenols is 2. The Hall–Kier alpha value is -2.36. The number of benzene rings is 2. The maximum Gasteiger partial charge on any atom is 0.469 e. The maximum absolute atomic E-state index is 12.3. The predicted octanol–water partition coefficient (Wildman–Crippen LogP) is 3.00. The van der Waals surface area contributed by atoms with Crippen molar-refractivity contribution in [2.45, 2.75) is 38.5 Å². The Morgan fingerprint density at radius 3 is 2.00 bits per heavy atom. The van der Waals surface area contributed by atoms with Gasteiger partial charge in [0.15, 0.2) is 0 Å². The van der Waals surface area contributed by atoms with Crippen LogP contribution >= 0.6 is 15.5 Å². The van der Waals surface area contributed by atoms with Crippen molar-refractivity contribution >= 4 is 32.3 Å². The average molecular weight is 515 g/mol. The first-order valence-electron chi connectivity index (χ1n) is 10.4. The Morgan fingerprint density at radius 1 is 0.971 bits per heavy atom. The van der Waals surface area contributed by atoms with Gasteiger partial charge in [-0.05, 0) is 60.1 Å². The lowest BCUT2D eigenvalue weighted by atomic mass is 9.78. The highest BCUT2D eigenvalue weighted by Gasteiger charge is 2.51. The molecule has 2 atom stereocenters. The summed E-state index contributed by atoms with van der Waals surface area (Å²) in [6, 6.07) is 11.6. The molecule has 2 aromatic carbocycles. The molecule has 2 rings (SSSR count). The van der Waals surface area contributed by atoms with Gasteiger partial charge in [0.2, 0.25) is 5.91 Å². The van der Waals surface area contributed by atoms with Crippen LogP contribution in [0.5, 0.6) is 11.5 Å². The Morgan fingerprint density at radius 2 is 1.50 bits per heavy atom. The number of hydrogen-bond acceptors (Lipinski definition) is 8. The minimum Gasteiger partial charge on any atom is -0.508 e. The number of anilines is 1. The molecule has 0 saturated carbocycles. The van der Waals surface area contributed by atoms with E-state index in [1.54, 1.807) is 24.3 Å². The van der Waals surface area contributed by atoms with Gasteiger partial charge < -0.3 is 25.3 Å². The number of phenolic OH excluding ortho intramolecular Hbond substituents is 2. The molecule has 0 aromatic heterocycles. The average Bonchev–Trinajstić information content (AvgIpc) is 2.72. The van der Waals surface area contributed by atoms with Crippen LogP contribution in [-0.2, 0) is 9.36 Å². The van der Waals surface area contributed by atoms with Gasteiger partial charge in [-0.25, -0.2) is 9.56 Å². The van der Waals surface area contributed by atoms with Crippen molar-refractivity contribution in [3.8, 4) is 11.5 Å². The predicted molar refractivity (Wildman–Crippen MR) is 129 cm³/mol. The van der Waals surface area contributed by atoms with E-state index in [2.05, 4.69) is 10.3 Å². The summed E-state index contributed by atoms with van der Waals surface area (Å²) < 4.78 is 11.3. The van der Waals surface area contributed by atoms with E-state index in [-0.39, 0.29) is 29.0 Å². The third kappa shape index (κ3) is 7.32. The van der Waals surface area contributed by atoms with E-state index in [1.807, 2.05) is 26.0 Å². The standard InChI is InChI=1S/C21H28N2O9P2/c1-3-16(13-5-8-15(24)9-6-13)17(4-2)14-7-10-19(25)18(11-14)23-20(26)12-22-21(33(27,28)29)34(30,31)32/h5-11,16-17,27-29H,3-4,12H2,1-2H3,(H4-,22,23,24,25,26,30,31,32)/p+1. The second-order valence-corrected chi connectivity index (χ2v) is 11.1. The van der Waals surface area contributed by atoms with E-state index in [9.17, 15) is 34.3 Å².